The molecule has 20 heavy (non-hydrogen) atoms. The van der Waals surface area contributed by atoms with Gasteiger partial charge >= 0.3 is 0 Å². The van der Waals surface area contributed by atoms with Gasteiger partial charge in [-0.25, -0.2) is 0 Å². The van der Waals surface area contributed by atoms with E-state index in [1.54, 1.807) is 16.0 Å². The lowest BCUT2D eigenvalue weighted by molar-refractivity contribution is -0.128. The number of hydrogen-bond donors (Lipinski definition) is 0. The van der Waals surface area contributed by atoms with Crippen molar-refractivity contribution in [1.29, 1.82) is 0 Å². The Labute approximate surface area is 140 Å². The second-order valence-electron chi connectivity index (χ2n) is 5.52. The van der Waals surface area contributed by atoms with Crippen LogP contribution < -0.4 is 0 Å². The van der Waals surface area contributed by atoms with Gasteiger partial charge in [0.1, 0.15) is 6.61 Å². The lowest BCUT2D eigenvalue weighted by Gasteiger charge is -2.25. The fourth-order valence-corrected chi connectivity index (χ4v) is 1.97. The third-order valence-electron chi connectivity index (χ3n) is 2.58. The summed E-state index contributed by atoms with van der Waals surface area (Å²) >= 11 is 2.15. The van der Waals surface area contributed by atoms with E-state index in [0.717, 1.165) is 25.4 Å². The highest BCUT2D eigenvalue weighted by Crippen LogP contribution is 2.18. The van der Waals surface area contributed by atoms with Gasteiger partial charge in [0.05, 0.1) is 6.61 Å². The smallest absolute Gasteiger partial charge is 0.293 e. The molecule has 4 nitrogen and oxygen atoms in total. The molecule has 0 aliphatic carbocycles. The quantitative estimate of drug-likeness (QED) is 0.307. The molecule has 0 radical (unpaired) electrons. The average molecular weight is 419 g/mol. The van der Waals surface area contributed by atoms with Gasteiger partial charge < -0.3 is 14.4 Å². The molecule has 0 aliphatic heterocycles. The Morgan fingerprint density at radius 3 is 2.30 bits per heavy atom. The molecule has 0 aliphatic rings. The number of rotatable bonds is 10. The number of likely N-dealkylation sites (N-methyl/N-ethyl adjacent to an activating group) is 1. The van der Waals surface area contributed by atoms with Gasteiger partial charge in [-0.3, -0.25) is 4.79 Å². The van der Waals surface area contributed by atoms with E-state index in [9.17, 15) is 4.79 Å². The molecular formula is C14H30INO3S. The van der Waals surface area contributed by atoms with Crippen molar-refractivity contribution in [3.63, 3.8) is 0 Å². The summed E-state index contributed by atoms with van der Waals surface area (Å²) in [5.74, 6) is 0.874. The number of halogens is 1. The van der Waals surface area contributed by atoms with Gasteiger partial charge in [0.2, 0.25) is 0 Å². The third kappa shape index (κ3) is 20.8. The van der Waals surface area contributed by atoms with Crippen LogP contribution in [-0.4, -0.2) is 57.1 Å². The number of carbonyl (C=O) groups is 1. The largest absolute Gasteiger partial charge is 0.467 e. The molecule has 0 bridgehead atoms. The molecule has 0 N–H and O–H groups in total. The van der Waals surface area contributed by atoms with Crippen LogP contribution in [0.25, 0.3) is 0 Å². The summed E-state index contributed by atoms with van der Waals surface area (Å²) in [5, 5.41) is 0. The first-order chi connectivity index (χ1) is 9.41. The number of nitrogens with zero attached hydrogens (tertiary/aromatic N) is 1. The highest BCUT2D eigenvalue weighted by atomic mass is 127. The minimum Gasteiger partial charge on any atom is -0.467 e. The van der Waals surface area contributed by atoms with Gasteiger partial charge in [0.15, 0.2) is 0 Å². The predicted molar refractivity (Wildman–Crippen MR) is 96.6 cm³/mol. The first-order valence-corrected chi connectivity index (χ1v) is 10.4. The van der Waals surface area contributed by atoms with Gasteiger partial charge in [-0.15, -0.1) is 0 Å². The molecular weight excluding hydrogens is 389 g/mol. The Morgan fingerprint density at radius 2 is 1.90 bits per heavy atom. The summed E-state index contributed by atoms with van der Waals surface area (Å²) in [6, 6.07) is 0. The second-order valence-corrected chi connectivity index (χ2v) is 8.01. The van der Waals surface area contributed by atoms with E-state index >= 15 is 0 Å². The van der Waals surface area contributed by atoms with Crippen LogP contribution in [0.15, 0.2) is 0 Å². The molecule has 0 saturated carbocycles. The van der Waals surface area contributed by atoms with Crippen molar-refractivity contribution in [2.75, 3.05) is 45.7 Å². The van der Waals surface area contributed by atoms with Gasteiger partial charge in [-0.1, -0.05) is 36.6 Å². The lowest BCUT2D eigenvalue weighted by Crippen LogP contribution is -2.30. The van der Waals surface area contributed by atoms with Crippen LogP contribution in [0.4, 0.5) is 0 Å². The fourth-order valence-electron chi connectivity index (χ4n) is 1.27. The molecule has 0 aromatic heterocycles. The van der Waals surface area contributed by atoms with Crippen LogP contribution in [0.5, 0.6) is 0 Å². The van der Waals surface area contributed by atoms with E-state index in [4.69, 9.17) is 4.74 Å². The van der Waals surface area contributed by atoms with Crippen LogP contribution >= 0.6 is 30.1 Å². The van der Waals surface area contributed by atoms with Crippen molar-refractivity contribution >= 4 is 36.6 Å². The maximum absolute atomic E-state index is 9.45. The number of hydrogen-bond acceptors (Lipinski definition) is 5. The summed E-state index contributed by atoms with van der Waals surface area (Å²) in [6.45, 7) is 14.3. The highest BCUT2D eigenvalue weighted by Gasteiger charge is 2.11. The predicted octanol–water partition coefficient (Wildman–Crippen LogP) is 3.63. The SMILES string of the molecule is CCN(CCOC)CCC(C)(C)C.O=COCCSI. The fraction of sp³-hybridized carbons (Fsp3) is 0.929. The lowest BCUT2D eigenvalue weighted by atomic mass is 9.92. The summed E-state index contributed by atoms with van der Waals surface area (Å²) < 4.78 is 9.43. The van der Waals surface area contributed by atoms with Crippen molar-refractivity contribution in [3.05, 3.63) is 0 Å². The maximum Gasteiger partial charge on any atom is 0.293 e. The number of ether oxygens (including phenoxy) is 2. The van der Waals surface area contributed by atoms with Crippen LogP contribution in [0, 0.1) is 5.41 Å². The van der Waals surface area contributed by atoms with Gasteiger partial charge in [0, 0.05) is 19.4 Å². The Hall–Kier alpha value is 0.470. The minimum absolute atomic E-state index is 0.445. The first-order valence-electron chi connectivity index (χ1n) is 6.91. The number of carbonyl (C=O) groups excluding carboxylic acids is 1. The normalized spacial score (nSPS) is 10.9. The van der Waals surface area contributed by atoms with Crippen LogP contribution in [0.2, 0.25) is 0 Å². The zero-order chi connectivity index (χ0) is 15.9. The summed E-state index contributed by atoms with van der Waals surface area (Å²) in [7, 11) is 3.39. The molecule has 0 amide bonds. The van der Waals surface area contributed by atoms with E-state index in [2.05, 4.69) is 58.5 Å². The molecule has 0 fully saturated rings. The van der Waals surface area contributed by atoms with Crippen molar-refractivity contribution in [2.45, 2.75) is 34.1 Å². The van der Waals surface area contributed by atoms with E-state index in [1.165, 1.54) is 13.0 Å². The zero-order valence-corrected chi connectivity index (χ0v) is 16.5. The Kier molecular flexibility index (Phi) is 18.0. The van der Waals surface area contributed by atoms with E-state index in [-0.39, 0.29) is 0 Å². The van der Waals surface area contributed by atoms with Gasteiger partial charge in [-0.2, -0.15) is 0 Å². The molecule has 0 aromatic carbocycles. The molecule has 0 rings (SSSR count). The van der Waals surface area contributed by atoms with Gasteiger partial charge in [0.25, 0.3) is 6.47 Å². The summed E-state index contributed by atoms with van der Waals surface area (Å²) in [5.41, 5.74) is 0.445. The third-order valence-corrected chi connectivity index (χ3v) is 4.23. The minimum atomic E-state index is 0.445. The van der Waals surface area contributed by atoms with E-state index < -0.39 is 0 Å². The highest BCUT2D eigenvalue weighted by molar-refractivity contribution is 14.2. The molecule has 0 atom stereocenters. The van der Waals surface area contributed by atoms with Crippen molar-refractivity contribution in [2.24, 2.45) is 5.41 Å². The van der Waals surface area contributed by atoms with Gasteiger partial charge in [-0.05, 0) is 46.1 Å². The topological polar surface area (TPSA) is 38.8 Å². The molecule has 0 unspecified atom stereocenters. The summed E-state index contributed by atoms with van der Waals surface area (Å²) in [4.78, 5) is 11.9. The van der Waals surface area contributed by atoms with Crippen molar-refractivity contribution in [3.8, 4) is 0 Å². The van der Waals surface area contributed by atoms with E-state index in [0.29, 0.717) is 18.5 Å². The zero-order valence-electron chi connectivity index (χ0n) is 13.5. The number of methoxy groups -OCH3 is 1. The molecule has 0 saturated heterocycles. The van der Waals surface area contributed by atoms with Crippen molar-refractivity contribution < 1.29 is 14.3 Å². The standard InChI is InChI=1S/C11H25NO.C3H5IO2S/c1-6-12(9-10-13-5)8-7-11(2,3)4;4-7-2-1-6-3-5/h6-10H2,1-5H3;3H,1-2H2. The molecule has 0 aromatic rings. The van der Waals surface area contributed by atoms with E-state index in [1.807, 2.05) is 0 Å². The Balaban J connectivity index is 0. The van der Waals surface area contributed by atoms with Crippen molar-refractivity contribution in [1.82, 2.24) is 4.90 Å². The van der Waals surface area contributed by atoms with Crippen LogP contribution in [0.3, 0.4) is 0 Å². The Bertz CT molecular complexity index is 213. The van der Waals surface area contributed by atoms with Crippen LogP contribution in [-0.2, 0) is 14.3 Å². The monoisotopic (exact) mass is 419 g/mol. The Morgan fingerprint density at radius 1 is 1.25 bits per heavy atom. The second kappa shape index (κ2) is 15.9. The molecule has 6 heteroatoms. The first kappa shape index (κ1) is 22.7. The maximum atomic E-state index is 9.45. The molecule has 0 spiro atoms. The summed E-state index contributed by atoms with van der Waals surface area (Å²) in [6.07, 6.45) is 1.25. The molecule has 0 heterocycles. The average Bonchev–Trinajstić information content (AvgIpc) is 2.39. The molecule has 122 valence electrons. The van der Waals surface area contributed by atoms with Crippen LogP contribution in [0.1, 0.15) is 34.1 Å².